The topological polar surface area (TPSA) is 72.1 Å². The zero-order valence-corrected chi connectivity index (χ0v) is 16.7. The van der Waals surface area contributed by atoms with Crippen LogP contribution in [0.1, 0.15) is 19.3 Å². The average Bonchev–Trinajstić information content (AvgIpc) is 3.31. The van der Waals surface area contributed by atoms with E-state index in [1.54, 1.807) is 14.2 Å². The third-order valence-electron chi connectivity index (χ3n) is 4.57. The van der Waals surface area contributed by atoms with Gasteiger partial charge in [-0.15, -0.1) is 24.0 Å². The molecule has 0 bridgehead atoms. The van der Waals surface area contributed by atoms with Gasteiger partial charge in [0.2, 0.25) is 0 Å². The molecule has 2 fully saturated rings. The summed E-state index contributed by atoms with van der Waals surface area (Å²) in [6.07, 6.45) is 3.96. The molecule has 3 N–H and O–H groups in total. The molecule has 2 aliphatic rings. The summed E-state index contributed by atoms with van der Waals surface area (Å²) in [6.45, 7) is 3.14. The van der Waals surface area contributed by atoms with Crippen molar-refractivity contribution in [2.75, 3.05) is 39.2 Å². The number of ether oxygens (including phenoxy) is 2. The van der Waals surface area contributed by atoms with Gasteiger partial charge in [0.05, 0.1) is 19.9 Å². The third kappa shape index (κ3) is 4.89. The van der Waals surface area contributed by atoms with E-state index >= 15 is 0 Å². The molecule has 1 aliphatic carbocycles. The zero-order valence-electron chi connectivity index (χ0n) is 14.3. The molecule has 3 rings (SSSR count). The van der Waals surface area contributed by atoms with Crippen LogP contribution in [0.5, 0.6) is 11.5 Å². The third-order valence-corrected chi connectivity index (χ3v) is 4.57. The molecule has 0 radical (unpaired) electrons. The van der Waals surface area contributed by atoms with Crippen LogP contribution in [0.25, 0.3) is 0 Å². The summed E-state index contributed by atoms with van der Waals surface area (Å²) in [5.74, 6) is 2.49. The number of halogens is 1. The predicted octanol–water partition coefficient (Wildman–Crippen LogP) is 2.53. The number of guanidine groups is 1. The number of likely N-dealkylation sites (tertiary alicyclic amines) is 1. The molecule has 1 aliphatic heterocycles. The van der Waals surface area contributed by atoms with Crippen LogP contribution < -0.4 is 20.5 Å². The first-order valence-corrected chi connectivity index (χ1v) is 8.22. The first kappa shape index (κ1) is 19.1. The van der Waals surface area contributed by atoms with E-state index in [0.717, 1.165) is 30.6 Å². The number of anilines is 1. The second kappa shape index (κ2) is 8.75. The van der Waals surface area contributed by atoms with Gasteiger partial charge >= 0.3 is 0 Å². The summed E-state index contributed by atoms with van der Waals surface area (Å²) in [6, 6.07) is 6.40. The first-order chi connectivity index (χ1) is 11.2. The van der Waals surface area contributed by atoms with Crippen molar-refractivity contribution >= 4 is 35.6 Å². The number of rotatable bonds is 6. The van der Waals surface area contributed by atoms with Gasteiger partial charge in [0.1, 0.15) is 11.5 Å². The Morgan fingerprint density at radius 1 is 1.29 bits per heavy atom. The fraction of sp³-hybridized carbons (Fsp3) is 0.588. The van der Waals surface area contributed by atoms with E-state index in [4.69, 9.17) is 15.2 Å². The van der Waals surface area contributed by atoms with Gasteiger partial charge in [-0.2, -0.15) is 0 Å². The lowest BCUT2D eigenvalue weighted by atomic mass is 10.1. The van der Waals surface area contributed by atoms with Gasteiger partial charge in [0, 0.05) is 25.2 Å². The Labute approximate surface area is 160 Å². The SMILES string of the molecule is COc1ccc(OC)c(NC(N)=NCC2CCN(C3CC3)C2)c1.I. The van der Waals surface area contributed by atoms with Crippen molar-refractivity contribution in [3.05, 3.63) is 18.2 Å². The van der Waals surface area contributed by atoms with Crippen molar-refractivity contribution in [2.24, 2.45) is 16.6 Å². The predicted molar refractivity (Wildman–Crippen MR) is 108 cm³/mol. The van der Waals surface area contributed by atoms with Crippen molar-refractivity contribution in [1.29, 1.82) is 0 Å². The highest BCUT2D eigenvalue weighted by Gasteiger charge is 2.34. The summed E-state index contributed by atoms with van der Waals surface area (Å²) >= 11 is 0. The molecule has 1 saturated carbocycles. The fourth-order valence-electron chi connectivity index (χ4n) is 3.10. The van der Waals surface area contributed by atoms with Crippen molar-refractivity contribution < 1.29 is 9.47 Å². The Bertz CT molecular complexity index is 578. The molecule has 7 heteroatoms. The zero-order chi connectivity index (χ0) is 16.2. The summed E-state index contributed by atoms with van der Waals surface area (Å²) in [5, 5.41) is 3.12. The lowest BCUT2D eigenvalue weighted by molar-refractivity contribution is 0.315. The molecule has 24 heavy (non-hydrogen) atoms. The van der Waals surface area contributed by atoms with Crippen LogP contribution in [-0.4, -0.2) is 50.8 Å². The molecule has 0 spiro atoms. The van der Waals surface area contributed by atoms with E-state index in [9.17, 15) is 0 Å². The summed E-state index contributed by atoms with van der Waals surface area (Å²) < 4.78 is 10.6. The number of nitrogens with zero attached hydrogens (tertiary/aromatic N) is 2. The van der Waals surface area contributed by atoms with E-state index in [1.165, 1.54) is 25.8 Å². The Morgan fingerprint density at radius 2 is 2.08 bits per heavy atom. The van der Waals surface area contributed by atoms with E-state index < -0.39 is 0 Å². The van der Waals surface area contributed by atoms with Crippen LogP contribution >= 0.6 is 24.0 Å². The van der Waals surface area contributed by atoms with Crippen LogP contribution in [0.15, 0.2) is 23.2 Å². The highest BCUT2D eigenvalue weighted by molar-refractivity contribution is 14.0. The maximum Gasteiger partial charge on any atom is 0.193 e. The monoisotopic (exact) mass is 446 g/mol. The van der Waals surface area contributed by atoms with E-state index in [-0.39, 0.29) is 24.0 Å². The van der Waals surface area contributed by atoms with Crippen molar-refractivity contribution in [3.8, 4) is 11.5 Å². The van der Waals surface area contributed by atoms with Gasteiger partial charge in [-0.3, -0.25) is 4.99 Å². The van der Waals surface area contributed by atoms with Gasteiger partial charge in [-0.25, -0.2) is 0 Å². The van der Waals surface area contributed by atoms with Crippen LogP contribution in [-0.2, 0) is 0 Å². The molecular weight excluding hydrogens is 419 g/mol. The highest BCUT2D eigenvalue weighted by atomic mass is 127. The number of hydrogen-bond acceptors (Lipinski definition) is 4. The van der Waals surface area contributed by atoms with Crippen molar-refractivity contribution in [2.45, 2.75) is 25.3 Å². The molecule has 1 atom stereocenters. The van der Waals surface area contributed by atoms with Crippen LogP contribution in [0, 0.1) is 5.92 Å². The van der Waals surface area contributed by atoms with Crippen molar-refractivity contribution in [3.63, 3.8) is 0 Å². The number of methoxy groups -OCH3 is 2. The first-order valence-electron chi connectivity index (χ1n) is 8.22. The Balaban J connectivity index is 0.00000208. The maximum atomic E-state index is 6.03. The molecular formula is C17H27IN4O2. The molecule has 1 saturated heterocycles. The normalized spacial score (nSPS) is 21.2. The minimum Gasteiger partial charge on any atom is -0.497 e. The number of aliphatic imine (C=N–C) groups is 1. The number of nitrogens with two attached hydrogens (primary N) is 1. The molecule has 0 aromatic heterocycles. The number of nitrogens with one attached hydrogen (secondary N) is 1. The second-order valence-corrected chi connectivity index (χ2v) is 6.30. The molecule has 134 valence electrons. The van der Waals surface area contributed by atoms with E-state index in [2.05, 4.69) is 15.2 Å². The Morgan fingerprint density at radius 3 is 2.75 bits per heavy atom. The smallest absolute Gasteiger partial charge is 0.193 e. The molecule has 1 unspecified atom stereocenters. The van der Waals surface area contributed by atoms with Gasteiger partial charge in [0.15, 0.2) is 5.96 Å². The molecule has 0 amide bonds. The fourth-order valence-corrected chi connectivity index (χ4v) is 3.10. The van der Waals surface area contributed by atoms with E-state index in [0.29, 0.717) is 17.6 Å². The van der Waals surface area contributed by atoms with Crippen LogP contribution in [0.3, 0.4) is 0 Å². The van der Waals surface area contributed by atoms with Crippen molar-refractivity contribution in [1.82, 2.24) is 4.90 Å². The lowest BCUT2D eigenvalue weighted by Crippen LogP contribution is -2.26. The largest absolute Gasteiger partial charge is 0.497 e. The van der Waals surface area contributed by atoms with Crippen LogP contribution in [0.2, 0.25) is 0 Å². The second-order valence-electron chi connectivity index (χ2n) is 6.30. The summed E-state index contributed by atoms with van der Waals surface area (Å²) in [7, 11) is 3.26. The lowest BCUT2D eigenvalue weighted by Gasteiger charge is -2.14. The van der Waals surface area contributed by atoms with E-state index in [1.807, 2.05) is 18.2 Å². The molecule has 1 heterocycles. The standard InChI is InChI=1S/C17H26N4O2.HI/c1-22-14-5-6-16(23-2)15(9-14)20-17(18)19-10-12-7-8-21(11-12)13-3-4-13;/h5-6,9,12-13H,3-4,7-8,10-11H2,1-2H3,(H3,18,19,20);1H. The highest BCUT2D eigenvalue weighted by Crippen LogP contribution is 2.32. The van der Waals surface area contributed by atoms with Crippen LogP contribution in [0.4, 0.5) is 5.69 Å². The van der Waals surface area contributed by atoms with Gasteiger partial charge < -0.3 is 25.4 Å². The Kier molecular flexibility index (Phi) is 6.97. The maximum absolute atomic E-state index is 6.03. The molecule has 1 aromatic rings. The number of hydrogen-bond donors (Lipinski definition) is 2. The number of benzene rings is 1. The van der Waals surface area contributed by atoms with Gasteiger partial charge in [0.25, 0.3) is 0 Å². The van der Waals surface area contributed by atoms with Gasteiger partial charge in [-0.1, -0.05) is 0 Å². The summed E-state index contributed by atoms with van der Waals surface area (Å²) in [5.41, 5.74) is 6.80. The van der Waals surface area contributed by atoms with Gasteiger partial charge in [-0.05, 0) is 43.9 Å². The quantitative estimate of drug-likeness (QED) is 0.399. The molecule has 1 aromatic carbocycles. The minimum absolute atomic E-state index is 0. The summed E-state index contributed by atoms with van der Waals surface area (Å²) in [4.78, 5) is 7.10. The average molecular weight is 446 g/mol. The Hall–Kier alpha value is -1.22. The minimum atomic E-state index is 0. The molecule has 6 nitrogen and oxygen atoms in total.